The summed E-state index contributed by atoms with van der Waals surface area (Å²) in [6, 6.07) is 0. The number of hydrogen-bond acceptors (Lipinski definition) is 4. The third kappa shape index (κ3) is 3.19. The van der Waals surface area contributed by atoms with Crippen LogP contribution in [0.2, 0.25) is 0 Å². The van der Waals surface area contributed by atoms with Crippen LogP contribution in [0.4, 0.5) is 0 Å². The Morgan fingerprint density at radius 1 is 1.10 bits per heavy atom. The van der Waals surface area contributed by atoms with Gasteiger partial charge >= 0.3 is 0 Å². The highest BCUT2D eigenvalue weighted by atomic mass is 16.5. The molecule has 2 unspecified atom stereocenters. The van der Waals surface area contributed by atoms with Crippen LogP contribution in [0.15, 0.2) is 0 Å². The molecule has 1 aliphatic carbocycles. The minimum Gasteiger partial charge on any atom is -0.370 e. The molecule has 0 amide bonds. The van der Waals surface area contributed by atoms with Gasteiger partial charge in [-0.2, -0.15) is 0 Å². The van der Waals surface area contributed by atoms with E-state index >= 15 is 0 Å². The van der Waals surface area contributed by atoms with Crippen LogP contribution in [0, 0.1) is 0 Å². The first-order chi connectivity index (χ1) is 9.50. The van der Waals surface area contributed by atoms with Gasteiger partial charge in [-0.05, 0) is 39.5 Å². The summed E-state index contributed by atoms with van der Waals surface area (Å²) in [4.78, 5) is 2.50. The van der Waals surface area contributed by atoms with Gasteiger partial charge < -0.3 is 15.2 Å². The molecule has 3 rings (SSSR count). The fraction of sp³-hybridized carbons (Fsp3) is 1.00. The zero-order valence-electron chi connectivity index (χ0n) is 13.1. The molecule has 3 fully saturated rings. The van der Waals surface area contributed by atoms with Crippen molar-refractivity contribution in [2.75, 3.05) is 26.2 Å². The Morgan fingerprint density at radius 2 is 1.85 bits per heavy atom. The Labute approximate surface area is 123 Å². The van der Waals surface area contributed by atoms with Gasteiger partial charge in [-0.15, -0.1) is 0 Å². The van der Waals surface area contributed by atoms with Crippen molar-refractivity contribution in [2.45, 2.75) is 75.8 Å². The van der Waals surface area contributed by atoms with Crippen molar-refractivity contribution in [3.63, 3.8) is 0 Å². The molecule has 1 saturated carbocycles. The molecule has 3 aliphatic rings. The monoisotopic (exact) mass is 282 g/mol. The summed E-state index contributed by atoms with van der Waals surface area (Å²) in [6.45, 7) is 7.91. The van der Waals surface area contributed by atoms with E-state index in [4.69, 9.17) is 15.2 Å². The van der Waals surface area contributed by atoms with Gasteiger partial charge in [0.1, 0.15) is 0 Å². The number of morpholine rings is 1. The molecule has 0 aromatic carbocycles. The Balaban J connectivity index is 1.55. The van der Waals surface area contributed by atoms with E-state index in [-0.39, 0.29) is 17.3 Å². The molecule has 0 aromatic rings. The van der Waals surface area contributed by atoms with Crippen LogP contribution in [-0.4, -0.2) is 54.5 Å². The second kappa shape index (κ2) is 5.56. The Morgan fingerprint density at radius 3 is 2.55 bits per heavy atom. The van der Waals surface area contributed by atoms with E-state index in [1.54, 1.807) is 0 Å². The van der Waals surface area contributed by atoms with Crippen LogP contribution in [0.5, 0.6) is 0 Å². The first kappa shape index (κ1) is 14.8. The maximum atomic E-state index is 6.44. The van der Waals surface area contributed by atoms with E-state index in [0.717, 1.165) is 19.6 Å². The summed E-state index contributed by atoms with van der Waals surface area (Å²) in [5.41, 5.74) is 5.96. The topological polar surface area (TPSA) is 47.7 Å². The van der Waals surface area contributed by atoms with Crippen molar-refractivity contribution < 1.29 is 9.47 Å². The highest BCUT2D eigenvalue weighted by Crippen LogP contribution is 2.43. The normalized spacial score (nSPS) is 36.8. The molecule has 4 nitrogen and oxygen atoms in total. The minimum atomic E-state index is -0.0913. The average Bonchev–Trinajstić information content (AvgIpc) is 2.98. The van der Waals surface area contributed by atoms with Crippen LogP contribution in [0.1, 0.15) is 52.4 Å². The molecule has 0 bridgehead atoms. The standard InChI is InChI=1S/C16H30N2O2/c1-15(2)12-18(11-14(9-17)19-15)10-13-5-8-16(20-13)6-3-4-7-16/h13-14H,3-12,17H2,1-2H3. The first-order valence-electron chi connectivity index (χ1n) is 8.28. The van der Waals surface area contributed by atoms with Crippen LogP contribution >= 0.6 is 0 Å². The van der Waals surface area contributed by atoms with E-state index in [1.807, 2.05) is 0 Å². The van der Waals surface area contributed by atoms with Crippen molar-refractivity contribution in [2.24, 2.45) is 5.73 Å². The molecule has 2 N–H and O–H groups in total. The lowest BCUT2D eigenvalue weighted by atomic mass is 9.98. The lowest BCUT2D eigenvalue weighted by molar-refractivity contribution is -0.141. The average molecular weight is 282 g/mol. The summed E-state index contributed by atoms with van der Waals surface area (Å²) in [5.74, 6) is 0. The zero-order chi connectivity index (χ0) is 14.2. The van der Waals surface area contributed by atoms with E-state index in [2.05, 4.69) is 18.7 Å². The van der Waals surface area contributed by atoms with Crippen LogP contribution in [0.3, 0.4) is 0 Å². The third-order valence-corrected chi connectivity index (χ3v) is 5.13. The van der Waals surface area contributed by atoms with Gasteiger partial charge in [0.05, 0.1) is 23.4 Å². The van der Waals surface area contributed by atoms with E-state index in [9.17, 15) is 0 Å². The Hall–Kier alpha value is -0.160. The molecule has 0 aromatic heterocycles. The van der Waals surface area contributed by atoms with Crippen LogP contribution < -0.4 is 5.73 Å². The second-order valence-electron chi connectivity index (χ2n) is 7.60. The molecule has 4 heteroatoms. The van der Waals surface area contributed by atoms with Gasteiger partial charge in [0.15, 0.2) is 0 Å². The largest absolute Gasteiger partial charge is 0.370 e. The molecule has 2 aliphatic heterocycles. The molecule has 20 heavy (non-hydrogen) atoms. The molecular formula is C16H30N2O2. The van der Waals surface area contributed by atoms with Crippen molar-refractivity contribution >= 4 is 0 Å². The van der Waals surface area contributed by atoms with E-state index in [1.165, 1.54) is 38.5 Å². The smallest absolute Gasteiger partial charge is 0.0831 e. The van der Waals surface area contributed by atoms with Crippen molar-refractivity contribution in [1.29, 1.82) is 0 Å². The van der Waals surface area contributed by atoms with E-state index < -0.39 is 0 Å². The van der Waals surface area contributed by atoms with Gasteiger partial charge in [0.25, 0.3) is 0 Å². The highest BCUT2D eigenvalue weighted by molar-refractivity contribution is 4.94. The predicted octanol–water partition coefficient (Wildman–Crippen LogP) is 1.92. The van der Waals surface area contributed by atoms with Crippen molar-refractivity contribution in [1.82, 2.24) is 4.90 Å². The van der Waals surface area contributed by atoms with Crippen molar-refractivity contribution in [3.05, 3.63) is 0 Å². The van der Waals surface area contributed by atoms with Crippen LogP contribution in [0.25, 0.3) is 0 Å². The maximum absolute atomic E-state index is 6.44. The highest BCUT2D eigenvalue weighted by Gasteiger charge is 2.43. The fourth-order valence-electron chi connectivity index (χ4n) is 4.38. The summed E-state index contributed by atoms with van der Waals surface area (Å²) >= 11 is 0. The quantitative estimate of drug-likeness (QED) is 0.859. The van der Waals surface area contributed by atoms with Gasteiger partial charge in [-0.3, -0.25) is 4.90 Å². The fourth-order valence-corrected chi connectivity index (χ4v) is 4.38. The molecule has 1 spiro atoms. The summed E-state index contributed by atoms with van der Waals surface area (Å²) in [6.07, 6.45) is 8.35. The lowest BCUT2D eigenvalue weighted by Gasteiger charge is -2.43. The van der Waals surface area contributed by atoms with Gasteiger partial charge in [-0.25, -0.2) is 0 Å². The van der Waals surface area contributed by atoms with Gasteiger partial charge in [0.2, 0.25) is 0 Å². The number of ether oxygens (including phenoxy) is 2. The van der Waals surface area contributed by atoms with Gasteiger partial charge in [0, 0.05) is 26.2 Å². The number of nitrogens with zero attached hydrogens (tertiary/aromatic N) is 1. The zero-order valence-corrected chi connectivity index (χ0v) is 13.1. The molecule has 116 valence electrons. The first-order valence-corrected chi connectivity index (χ1v) is 8.28. The van der Waals surface area contributed by atoms with Crippen molar-refractivity contribution in [3.8, 4) is 0 Å². The molecular weight excluding hydrogens is 252 g/mol. The number of nitrogens with two attached hydrogens (primary N) is 1. The van der Waals surface area contributed by atoms with E-state index in [0.29, 0.717) is 12.6 Å². The maximum Gasteiger partial charge on any atom is 0.0831 e. The summed E-state index contributed by atoms with van der Waals surface area (Å²) in [7, 11) is 0. The van der Waals surface area contributed by atoms with Gasteiger partial charge in [-0.1, -0.05) is 12.8 Å². The predicted molar refractivity (Wildman–Crippen MR) is 79.8 cm³/mol. The minimum absolute atomic E-state index is 0.0913. The summed E-state index contributed by atoms with van der Waals surface area (Å²) in [5, 5.41) is 0. The molecule has 0 radical (unpaired) electrons. The third-order valence-electron chi connectivity index (χ3n) is 5.13. The van der Waals surface area contributed by atoms with Crippen LogP contribution in [-0.2, 0) is 9.47 Å². The number of rotatable bonds is 3. The Bertz CT molecular complexity index is 339. The Kier molecular flexibility index (Phi) is 4.10. The molecule has 2 saturated heterocycles. The second-order valence-corrected chi connectivity index (χ2v) is 7.60. The molecule has 2 atom stereocenters. The number of hydrogen-bond donors (Lipinski definition) is 1. The SMILES string of the molecule is CC1(C)CN(CC2CCC3(CCCC3)O2)CC(CN)O1. The lowest BCUT2D eigenvalue weighted by Crippen LogP contribution is -2.56. The molecule has 2 heterocycles. The summed E-state index contributed by atoms with van der Waals surface area (Å²) < 4.78 is 12.4.